The van der Waals surface area contributed by atoms with E-state index in [-0.39, 0.29) is 11.6 Å². The fourth-order valence-electron chi connectivity index (χ4n) is 2.61. The molecule has 1 fully saturated rings. The molecule has 0 radical (unpaired) electrons. The Kier molecular flexibility index (Phi) is 5.22. The Morgan fingerprint density at radius 3 is 2.31 bits per heavy atom. The van der Waals surface area contributed by atoms with Gasteiger partial charge in [0.2, 0.25) is 0 Å². The molecule has 3 heteroatoms. The summed E-state index contributed by atoms with van der Waals surface area (Å²) in [4.78, 5) is 2.52. The topological polar surface area (TPSA) is 38.5 Å². The van der Waals surface area contributed by atoms with E-state index in [1.807, 2.05) is 0 Å². The maximum Gasteiger partial charge on any atom is 0.0594 e. The van der Waals surface area contributed by atoms with E-state index >= 15 is 0 Å². The summed E-state index contributed by atoms with van der Waals surface area (Å²) in [6.07, 6.45) is 2.26. The van der Waals surface area contributed by atoms with Gasteiger partial charge in [-0.1, -0.05) is 27.2 Å². The summed E-state index contributed by atoms with van der Waals surface area (Å²) < 4.78 is 5.42. The van der Waals surface area contributed by atoms with Crippen LogP contribution in [0.3, 0.4) is 0 Å². The van der Waals surface area contributed by atoms with Crippen molar-refractivity contribution < 1.29 is 4.74 Å². The fourth-order valence-corrected chi connectivity index (χ4v) is 2.61. The molecule has 1 rings (SSSR count). The highest BCUT2D eigenvalue weighted by Gasteiger charge is 2.38. The zero-order valence-corrected chi connectivity index (χ0v) is 11.3. The SMILES string of the molecule is CCC(C)C(N)C(C)(CC)N1CCOCC1. The first kappa shape index (κ1) is 13.9. The molecular formula is C13H28N2O. The smallest absolute Gasteiger partial charge is 0.0594 e. The van der Waals surface area contributed by atoms with Crippen LogP contribution in [0.4, 0.5) is 0 Å². The molecule has 0 saturated carbocycles. The van der Waals surface area contributed by atoms with E-state index in [0.717, 1.165) is 39.1 Å². The lowest BCUT2D eigenvalue weighted by Gasteiger charge is -2.48. The van der Waals surface area contributed by atoms with Crippen molar-refractivity contribution in [2.24, 2.45) is 11.7 Å². The molecule has 0 aromatic carbocycles. The average Bonchev–Trinajstić information content (AvgIpc) is 2.37. The Morgan fingerprint density at radius 1 is 1.31 bits per heavy atom. The molecule has 3 unspecified atom stereocenters. The van der Waals surface area contributed by atoms with Gasteiger partial charge in [0.1, 0.15) is 0 Å². The Hall–Kier alpha value is -0.120. The van der Waals surface area contributed by atoms with Crippen LogP contribution in [0, 0.1) is 5.92 Å². The summed E-state index contributed by atoms with van der Waals surface area (Å²) in [5, 5.41) is 0. The molecule has 0 bridgehead atoms. The molecule has 1 aliphatic rings. The number of hydrogen-bond donors (Lipinski definition) is 1. The third-order valence-corrected chi connectivity index (χ3v) is 4.42. The van der Waals surface area contributed by atoms with Crippen molar-refractivity contribution in [1.29, 1.82) is 0 Å². The summed E-state index contributed by atoms with van der Waals surface area (Å²) in [6, 6.07) is 0.251. The fraction of sp³-hybridized carbons (Fsp3) is 1.00. The standard InChI is InChI=1S/C13H28N2O/c1-5-11(3)12(14)13(4,6-2)15-7-9-16-10-8-15/h11-12H,5-10,14H2,1-4H3. The first-order chi connectivity index (χ1) is 7.56. The van der Waals surface area contributed by atoms with Crippen LogP contribution in [0.5, 0.6) is 0 Å². The molecule has 0 aromatic heterocycles. The van der Waals surface area contributed by atoms with E-state index in [1.165, 1.54) is 0 Å². The summed E-state index contributed by atoms with van der Waals surface area (Å²) in [7, 11) is 0. The molecule has 1 aliphatic heterocycles. The van der Waals surface area contributed by atoms with Gasteiger partial charge in [-0.3, -0.25) is 4.90 Å². The number of ether oxygens (including phenoxy) is 1. The van der Waals surface area contributed by atoms with Crippen LogP contribution >= 0.6 is 0 Å². The highest BCUT2D eigenvalue weighted by Crippen LogP contribution is 2.28. The number of morpholine rings is 1. The van der Waals surface area contributed by atoms with E-state index < -0.39 is 0 Å². The van der Waals surface area contributed by atoms with Gasteiger partial charge in [-0.15, -0.1) is 0 Å². The summed E-state index contributed by atoms with van der Waals surface area (Å²) >= 11 is 0. The molecule has 3 nitrogen and oxygen atoms in total. The minimum absolute atomic E-state index is 0.124. The minimum Gasteiger partial charge on any atom is -0.379 e. The Morgan fingerprint density at radius 2 is 1.88 bits per heavy atom. The molecule has 1 saturated heterocycles. The predicted octanol–water partition coefficient (Wildman–Crippen LogP) is 1.86. The van der Waals surface area contributed by atoms with Gasteiger partial charge in [0, 0.05) is 24.7 Å². The van der Waals surface area contributed by atoms with Crippen molar-refractivity contribution in [2.45, 2.75) is 52.1 Å². The second-order valence-electron chi connectivity index (χ2n) is 5.22. The summed E-state index contributed by atoms with van der Waals surface area (Å²) in [6.45, 7) is 12.8. The van der Waals surface area contributed by atoms with Gasteiger partial charge in [-0.05, 0) is 19.3 Å². The number of rotatable bonds is 5. The first-order valence-corrected chi connectivity index (χ1v) is 6.64. The normalized spacial score (nSPS) is 26.1. The second-order valence-corrected chi connectivity index (χ2v) is 5.22. The zero-order chi connectivity index (χ0) is 12.2. The van der Waals surface area contributed by atoms with Crippen molar-refractivity contribution >= 4 is 0 Å². The number of hydrogen-bond acceptors (Lipinski definition) is 3. The Labute approximate surface area is 100 Å². The van der Waals surface area contributed by atoms with Crippen LogP contribution in [0.1, 0.15) is 40.5 Å². The van der Waals surface area contributed by atoms with Gasteiger partial charge in [0.15, 0.2) is 0 Å². The van der Waals surface area contributed by atoms with Crippen molar-refractivity contribution in [3.8, 4) is 0 Å². The lowest BCUT2D eigenvalue weighted by Crippen LogP contribution is -2.62. The number of nitrogens with zero attached hydrogens (tertiary/aromatic N) is 1. The van der Waals surface area contributed by atoms with Gasteiger partial charge in [-0.2, -0.15) is 0 Å². The molecule has 0 aromatic rings. The van der Waals surface area contributed by atoms with Gasteiger partial charge < -0.3 is 10.5 Å². The third kappa shape index (κ3) is 2.76. The van der Waals surface area contributed by atoms with Crippen LogP contribution in [0.15, 0.2) is 0 Å². The molecular weight excluding hydrogens is 200 g/mol. The monoisotopic (exact) mass is 228 g/mol. The molecule has 96 valence electrons. The molecule has 2 N–H and O–H groups in total. The Balaban J connectivity index is 2.73. The van der Waals surface area contributed by atoms with Crippen molar-refractivity contribution in [1.82, 2.24) is 4.90 Å². The van der Waals surface area contributed by atoms with E-state index in [0.29, 0.717) is 5.92 Å². The van der Waals surface area contributed by atoms with E-state index in [1.54, 1.807) is 0 Å². The molecule has 3 atom stereocenters. The molecule has 0 amide bonds. The summed E-state index contributed by atoms with van der Waals surface area (Å²) in [5.41, 5.74) is 6.59. The lowest BCUT2D eigenvalue weighted by atomic mass is 9.79. The predicted molar refractivity (Wildman–Crippen MR) is 68.5 cm³/mol. The average molecular weight is 228 g/mol. The van der Waals surface area contributed by atoms with Crippen LogP contribution < -0.4 is 5.73 Å². The van der Waals surface area contributed by atoms with Gasteiger partial charge in [-0.25, -0.2) is 0 Å². The lowest BCUT2D eigenvalue weighted by molar-refractivity contribution is -0.0340. The molecule has 0 spiro atoms. The Bertz CT molecular complexity index is 200. The quantitative estimate of drug-likeness (QED) is 0.780. The van der Waals surface area contributed by atoms with Crippen LogP contribution in [0.25, 0.3) is 0 Å². The zero-order valence-electron chi connectivity index (χ0n) is 11.3. The van der Waals surface area contributed by atoms with Crippen molar-refractivity contribution in [2.75, 3.05) is 26.3 Å². The van der Waals surface area contributed by atoms with Gasteiger partial charge >= 0.3 is 0 Å². The highest BCUT2D eigenvalue weighted by molar-refractivity contribution is 4.97. The van der Waals surface area contributed by atoms with E-state index in [4.69, 9.17) is 10.5 Å². The van der Waals surface area contributed by atoms with Gasteiger partial charge in [0.25, 0.3) is 0 Å². The maximum atomic E-state index is 6.47. The largest absolute Gasteiger partial charge is 0.379 e. The van der Waals surface area contributed by atoms with Crippen molar-refractivity contribution in [3.05, 3.63) is 0 Å². The molecule has 1 heterocycles. The molecule has 0 aliphatic carbocycles. The van der Waals surface area contributed by atoms with Gasteiger partial charge in [0.05, 0.1) is 13.2 Å². The van der Waals surface area contributed by atoms with Crippen LogP contribution in [-0.4, -0.2) is 42.8 Å². The summed E-state index contributed by atoms with van der Waals surface area (Å²) in [5.74, 6) is 0.577. The maximum absolute atomic E-state index is 6.47. The minimum atomic E-state index is 0.124. The van der Waals surface area contributed by atoms with Crippen LogP contribution in [-0.2, 0) is 4.74 Å². The van der Waals surface area contributed by atoms with Crippen LogP contribution in [0.2, 0.25) is 0 Å². The van der Waals surface area contributed by atoms with Crippen molar-refractivity contribution in [3.63, 3.8) is 0 Å². The van der Waals surface area contributed by atoms with E-state index in [2.05, 4.69) is 32.6 Å². The first-order valence-electron chi connectivity index (χ1n) is 6.64. The van der Waals surface area contributed by atoms with E-state index in [9.17, 15) is 0 Å². The molecule has 16 heavy (non-hydrogen) atoms. The second kappa shape index (κ2) is 5.99. The highest BCUT2D eigenvalue weighted by atomic mass is 16.5. The number of nitrogens with two attached hydrogens (primary N) is 1. The third-order valence-electron chi connectivity index (χ3n) is 4.42.